The molecule has 0 aliphatic heterocycles. The number of esters is 1. The number of Topliss-reactive ketones (excluding diaryl/α,β-unsaturated/α-hetero) is 4. The molecule has 2 unspecified atom stereocenters. The minimum Gasteiger partial charge on any atom is -0.505 e. The number of phenols is 1. The van der Waals surface area contributed by atoms with Gasteiger partial charge in [-0.05, 0) is 95.9 Å². The van der Waals surface area contributed by atoms with Crippen LogP contribution in [0, 0.1) is 23.7 Å². The fourth-order valence-corrected chi connectivity index (χ4v) is 9.82. The number of amides is 3. The lowest BCUT2D eigenvalue weighted by Gasteiger charge is -2.52. The van der Waals surface area contributed by atoms with Gasteiger partial charge in [0.25, 0.3) is 0 Å². The van der Waals surface area contributed by atoms with E-state index in [1.165, 1.54) is 76.4 Å². The average Bonchev–Trinajstić information content (AvgIpc) is 3.26. The molecule has 0 saturated heterocycles. The molecule has 0 radical (unpaired) electrons. The number of unbranched alkanes of at least 4 members (excludes halogenated alkanes) is 9. The van der Waals surface area contributed by atoms with Crippen LogP contribution in [0.5, 0.6) is 11.5 Å². The molecular formula is C50H69N5O13. The monoisotopic (exact) mass is 947 g/mol. The van der Waals surface area contributed by atoms with Gasteiger partial charge < -0.3 is 40.4 Å². The van der Waals surface area contributed by atoms with Gasteiger partial charge in [-0.2, -0.15) is 0 Å². The first-order valence-corrected chi connectivity index (χ1v) is 23.6. The molecule has 2 fully saturated rings. The highest BCUT2D eigenvalue weighted by atomic mass is 16.7. The molecule has 0 heterocycles. The largest absolute Gasteiger partial charge is 0.505 e. The molecule has 18 heteroatoms. The average molecular weight is 948 g/mol. The maximum absolute atomic E-state index is 14.5. The number of phenolic OH excluding ortho intramolecular Hbond substituents is 1. The van der Waals surface area contributed by atoms with Gasteiger partial charge in [-0.1, -0.05) is 64.7 Å². The Morgan fingerprint density at radius 2 is 1.47 bits per heavy atom. The maximum atomic E-state index is 14.5. The van der Waals surface area contributed by atoms with Crippen molar-refractivity contribution in [1.82, 2.24) is 9.80 Å². The number of hydrogen-bond donors (Lipinski definition) is 4. The first-order valence-electron chi connectivity index (χ1n) is 23.6. The summed E-state index contributed by atoms with van der Waals surface area (Å²) in [7, 11) is 6.34. The number of fused-ring (bicyclic) bond motifs is 3. The van der Waals surface area contributed by atoms with E-state index >= 15 is 0 Å². The number of nitrogens with one attached hydrogen (secondary N) is 1. The van der Waals surface area contributed by atoms with Gasteiger partial charge in [0.15, 0.2) is 34.7 Å². The van der Waals surface area contributed by atoms with E-state index in [1.54, 1.807) is 64.0 Å². The van der Waals surface area contributed by atoms with E-state index in [0.29, 0.717) is 23.6 Å². The summed E-state index contributed by atoms with van der Waals surface area (Å²) in [6.07, 6.45) is 11.1. The number of ketones is 4. The lowest BCUT2D eigenvalue weighted by molar-refractivity contribution is -0.181. The van der Waals surface area contributed by atoms with Crippen molar-refractivity contribution < 1.29 is 62.8 Å². The van der Waals surface area contributed by atoms with Gasteiger partial charge in [0.05, 0.1) is 35.4 Å². The number of likely N-dealkylation sites (N-methyl/N-ethyl adjacent to an activating group) is 1. The summed E-state index contributed by atoms with van der Waals surface area (Å²) in [5, 5.41) is 26.2. The lowest BCUT2D eigenvalue weighted by Crippen LogP contribution is -2.74. The fourth-order valence-electron chi connectivity index (χ4n) is 9.82. The molecule has 0 bridgehead atoms. The van der Waals surface area contributed by atoms with Crippen molar-refractivity contribution in [3.63, 3.8) is 0 Å². The minimum absolute atomic E-state index is 0.00849. The number of benzene rings is 2. The molecule has 3 aliphatic rings. The Morgan fingerprint density at radius 3 is 2.03 bits per heavy atom. The standard InChI is InChI=1S/C50H69N5O13/c1-9-10-11-12-13-14-15-16-17-18-23-66-31-21-19-29(20-22-31)47(63)67-28-68-48(64)55(49(2,3)4)27-36(56)52-34-26-35(53(5)6)32-24-30-25-33-40(54(7)8)43(59)39(46(51)62)45(61)50(33,65)44(60)37(30)42(58)38(32)41(34)57/h19-22,26,30,33,37,39-40,57,65H,9-18,23-25,27-28H2,1-8H3,(H2,51,62)(H,52,56)/t30-,33-,37?,39?,40-,50-/m0/s1. The van der Waals surface area contributed by atoms with Crippen molar-refractivity contribution in [3.05, 3.63) is 47.0 Å². The summed E-state index contributed by atoms with van der Waals surface area (Å²) >= 11 is 0. The predicted octanol–water partition coefficient (Wildman–Crippen LogP) is 5.22. The summed E-state index contributed by atoms with van der Waals surface area (Å²) in [4.78, 5) is 112. The van der Waals surface area contributed by atoms with E-state index in [9.17, 15) is 48.6 Å². The Morgan fingerprint density at radius 1 is 0.868 bits per heavy atom. The number of nitrogens with two attached hydrogens (primary N) is 1. The number of primary amides is 1. The van der Waals surface area contributed by atoms with E-state index in [4.69, 9.17) is 19.9 Å². The van der Waals surface area contributed by atoms with E-state index in [2.05, 4.69) is 12.2 Å². The number of hydrogen-bond acceptors (Lipinski definition) is 15. The zero-order chi connectivity index (χ0) is 50.2. The SMILES string of the molecule is CCCCCCCCCCCCOc1ccc(C(=O)OCOC(=O)N(CC(=O)Nc2cc(N(C)C)c3c(c2O)C(=O)C2C(=O)[C@]4(O)C(=O)C(C(N)=O)C(=O)[C@@H](N(C)C)[C@@H]4C[C@@H]2C3)C(C)(C)C)cc1. The van der Waals surface area contributed by atoms with Crippen LogP contribution in [0.15, 0.2) is 30.3 Å². The number of aromatic hydroxyl groups is 1. The molecule has 18 nitrogen and oxygen atoms in total. The van der Waals surface area contributed by atoms with Crippen LogP contribution in [0.4, 0.5) is 16.2 Å². The number of carbonyl (C=O) groups is 8. The van der Waals surface area contributed by atoms with Crippen LogP contribution in [0.25, 0.3) is 0 Å². The van der Waals surface area contributed by atoms with Crippen LogP contribution in [-0.4, -0.2) is 132 Å². The lowest BCUT2D eigenvalue weighted by atomic mass is 9.52. The van der Waals surface area contributed by atoms with Crippen LogP contribution in [0.3, 0.4) is 0 Å². The molecule has 5 rings (SSSR count). The third kappa shape index (κ3) is 11.5. The van der Waals surface area contributed by atoms with E-state index in [0.717, 1.165) is 17.7 Å². The van der Waals surface area contributed by atoms with Crippen LogP contribution < -0.4 is 20.7 Å². The second-order valence-corrected chi connectivity index (χ2v) is 19.6. The summed E-state index contributed by atoms with van der Waals surface area (Å²) in [5.74, 6) is -13.2. The predicted molar refractivity (Wildman–Crippen MR) is 251 cm³/mol. The van der Waals surface area contributed by atoms with Crippen molar-refractivity contribution in [1.29, 1.82) is 0 Å². The number of anilines is 2. The van der Waals surface area contributed by atoms with Gasteiger partial charge in [-0.3, -0.25) is 38.6 Å². The van der Waals surface area contributed by atoms with E-state index < -0.39 is 107 Å². The molecule has 3 amide bonds. The third-order valence-corrected chi connectivity index (χ3v) is 13.4. The molecule has 68 heavy (non-hydrogen) atoms. The number of carbonyl (C=O) groups excluding carboxylic acids is 8. The Hall–Kier alpha value is -5.88. The molecule has 0 aromatic heterocycles. The maximum Gasteiger partial charge on any atom is 0.413 e. The molecule has 2 aromatic carbocycles. The van der Waals surface area contributed by atoms with Gasteiger partial charge in [-0.15, -0.1) is 0 Å². The van der Waals surface area contributed by atoms with E-state index in [-0.39, 0.29) is 29.7 Å². The Balaban J connectivity index is 1.21. The second-order valence-electron chi connectivity index (χ2n) is 19.6. The van der Waals surface area contributed by atoms with Crippen LogP contribution >= 0.6 is 0 Å². The van der Waals surface area contributed by atoms with Gasteiger partial charge in [0, 0.05) is 31.2 Å². The zero-order valence-electron chi connectivity index (χ0n) is 40.7. The van der Waals surface area contributed by atoms with Crippen molar-refractivity contribution >= 4 is 58.4 Å². The molecule has 6 atom stereocenters. The summed E-state index contributed by atoms with van der Waals surface area (Å²) in [6, 6.07) is 6.59. The van der Waals surface area contributed by atoms with Gasteiger partial charge in [0.1, 0.15) is 18.0 Å². The first kappa shape index (κ1) is 53.1. The fraction of sp³-hybridized carbons (Fsp3) is 0.600. The van der Waals surface area contributed by atoms with Gasteiger partial charge in [0.2, 0.25) is 18.6 Å². The number of nitrogens with zero attached hydrogens (tertiary/aromatic N) is 3. The molecule has 3 aliphatic carbocycles. The van der Waals surface area contributed by atoms with Crippen molar-refractivity contribution in [2.75, 3.05) is 58.4 Å². The molecular weight excluding hydrogens is 879 g/mol. The summed E-state index contributed by atoms with van der Waals surface area (Å²) in [5.41, 5.74) is 1.88. The topological polar surface area (TPSA) is 252 Å². The van der Waals surface area contributed by atoms with Crippen LogP contribution in [0.1, 0.15) is 125 Å². The van der Waals surface area contributed by atoms with Crippen LogP contribution in [0.2, 0.25) is 0 Å². The van der Waals surface area contributed by atoms with Gasteiger partial charge in [-0.25, -0.2) is 9.59 Å². The highest BCUT2D eigenvalue weighted by molar-refractivity contribution is 6.32. The third-order valence-electron chi connectivity index (χ3n) is 13.4. The first-order chi connectivity index (χ1) is 32.1. The summed E-state index contributed by atoms with van der Waals surface area (Å²) in [6.45, 7) is 6.32. The highest BCUT2D eigenvalue weighted by Gasteiger charge is 2.69. The van der Waals surface area contributed by atoms with Crippen molar-refractivity contribution in [3.8, 4) is 11.5 Å². The van der Waals surface area contributed by atoms with Crippen molar-refractivity contribution in [2.45, 2.75) is 122 Å². The quantitative estimate of drug-likeness (QED) is 0.0412. The molecule has 2 aromatic rings. The highest BCUT2D eigenvalue weighted by Crippen LogP contribution is 2.53. The van der Waals surface area contributed by atoms with E-state index in [1.807, 2.05) is 0 Å². The Labute approximate surface area is 398 Å². The number of aliphatic hydroxyl groups is 1. The zero-order valence-corrected chi connectivity index (χ0v) is 40.7. The molecule has 372 valence electrons. The van der Waals surface area contributed by atoms with Crippen molar-refractivity contribution in [2.24, 2.45) is 29.4 Å². The Kier molecular flexibility index (Phi) is 17.6. The Bertz CT molecular complexity index is 2240. The number of rotatable bonds is 21. The summed E-state index contributed by atoms with van der Waals surface area (Å²) < 4.78 is 16.3. The second kappa shape index (κ2) is 22.5. The minimum atomic E-state index is -2.90. The smallest absolute Gasteiger partial charge is 0.413 e. The van der Waals surface area contributed by atoms with Gasteiger partial charge >= 0.3 is 12.1 Å². The number of ether oxygens (including phenoxy) is 3. The van der Waals surface area contributed by atoms with Crippen LogP contribution in [-0.2, 0) is 39.9 Å². The normalized spacial score (nSPS) is 22.2. The molecule has 0 spiro atoms. The molecule has 5 N–H and O–H groups in total. The molecule has 2 saturated carbocycles.